The first-order chi connectivity index (χ1) is 18.1. The molecule has 0 saturated carbocycles. The molecule has 9 nitrogen and oxygen atoms in total. The number of benzene rings is 3. The molecule has 12 heteroatoms. The van der Waals surface area contributed by atoms with E-state index in [2.05, 4.69) is 26.0 Å². The molecule has 0 bridgehead atoms. The fraction of sp³-hybridized carbons (Fsp3) is 0.269. The van der Waals surface area contributed by atoms with Crippen molar-refractivity contribution >= 4 is 47.6 Å². The average molecular weight is 623 g/mol. The lowest BCUT2D eigenvalue weighted by Gasteiger charge is -2.15. The zero-order valence-corrected chi connectivity index (χ0v) is 23.7. The summed E-state index contributed by atoms with van der Waals surface area (Å²) in [5.74, 6) is 0.0318. The quantitative estimate of drug-likeness (QED) is 0.336. The maximum Gasteiger partial charge on any atom is 0.261 e. The molecule has 1 heterocycles. The molecular formula is C26H28BrN3O6S2. The number of sulfonamides is 2. The van der Waals surface area contributed by atoms with Gasteiger partial charge in [-0.05, 0) is 85.5 Å². The van der Waals surface area contributed by atoms with Crippen molar-refractivity contribution in [3.63, 3.8) is 0 Å². The average Bonchev–Trinajstić information content (AvgIpc) is 3.46. The molecule has 0 spiro atoms. The minimum Gasteiger partial charge on any atom is -0.484 e. The minimum atomic E-state index is -3.76. The SMILES string of the molecule is O=C(COc1ccc(S(=O)(=O)Nc2ccc(Br)cc2)cc1)NCCc1ccc(S(=O)(=O)N2CCCC2)cc1. The van der Waals surface area contributed by atoms with E-state index in [1.807, 2.05) is 0 Å². The predicted molar refractivity (Wildman–Crippen MR) is 148 cm³/mol. The Hall–Kier alpha value is -2.93. The molecule has 0 aliphatic carbocycles. The van der Waals surface area contributed by atoms with Crippen LogP contribution in [0.1, 0.15) is 18.4 Å². The molecular weight excluding hydrogens is 594 g/mol. The number of hydrogen-bond acceptors (Lipinski definition) is 6. The zero-order chi connectivity index (χ0) is 27.2. The number of halogens is 1. The van der Waals surface area contributed by atoms with E-state index in [4.69, 9.17) is 4.74 Å². The lowest BCUT2D eigenvalue weighted by molar-refractivity contribution is -0.123. The van der Waals surface area contributed by atoms with Crippen LogP contribution in [-0.2, 0) is 31.3 Å². The van der Waals surface area contributed by atoms with Crippen molar-refractivity contribution in [2.75, 3.05) is 31.0 Å². The van der Waals surface area contributed by atoms with Crippen LogP contribution in [0.3, 0.4) is 0 Å². The number of ether oxygens (including phenoxy) is 1. The first kappa shape index (κ1) is 28.1. The highest BCUT2D eigenvalue weighted by Gasteiger charge is 2.26. The second kappa shape index (κ2) is 12.3. The molecule has 1 amide bonds. The van der Waals surface area contributed by atoms with Crippen molar-refractivity contribution in [1.82, 2.24) is 9.62 Å². The summed E-state index contributed by atoms with van der Waals surface area (Å²) in [7, 11) is -7.21. The van der Waals surface area contributed by atoms with Crippen LogP contribution in [0.5, 0.6) is 5.75 Å². The maximum absolute atomic E-state index is 12.6. The lowest BCUT2D eigenvalue weighted by atomic mass is 10.1. The highest BCUT2D eigenvalue weighted by molar-refractivity contribution is 9.10. The van der Waals surface area contributed by atoms with E-state index in [1.54, 1.807) is 48.5 Å². The summed E-state index contributed by atoms with van der Waals surface area (Å²) in [6, 6.07) is 19.3. The number of amides is 1. The van der Waals surface area contributed by atoms with Crippen molar-refractivity contribution in [1.29, 1.82) is 0 Å². The number of carbonyl (C=O) groups is 1. The van der Waals surface area contributed by atoms with Crippen LogP contribution in [0.25, 0.3) is 0 Å². The van der Waals surface area contributed by atoms with Crippen LogP contribution in [-0.4, -0.2) is 53.3 Å². The Bertz CT molecular complexity index is 1450. The van der Waals surface area contributed by atoms with Crippen molar-refractivity contribution in [3.05, 3.63) is 82.8 Å². The number of hydrogen-bond donors (Lipinski definition) is 2. The van der Waals surface area contributed by atoms with E-state index in [9.17, 15) is 21.6 Å². The van der Waals surface area contributed by atoms with Gasteiger partial charge >= 0.3 is 0 Å². The molecule has 2 N–H and O–H groups in total. The van der Waals surface area contributed by atoms with Gasteiger partial charge in [-0.15, -0.1) is 0 Å². The standard InChI is InChI=1S/C26H28BrN3O6S2/c27-21-5-7-22(8-6-21)29-37(32,33)24-13-9-23(10-14-24)36-19-26(31)28-16-15-20-3-11-25(12-4-20)38(34,35)30-17-1-2-18-30/h3-14,29H,1-2,15-19H2,(H,28,31). The Morgan fingerprint density at radius 1 is 0.842 bits per heavy atom. The van der Waals surface area contributed by atoms with Crippen molar-refractivity contribution in [3.8, 4) is 5.75 Å². The monoisotopic (exact) mass is 621 g/mol. The van der Waals surface area contributed by atoms with E-state index >= 15 is 0 Å². The molecule has 1 fully saturated rings. The van der Waals surface area contributed by atoms with Gasteiger partial charge in [0.25, 0.3) is 15.9 Å². The highest BCUT2D eigenvalue weighted by Crippen LogP contribution is 2.22. The first-order valence-electron chi connectivity index (χ1n) is 12.0. The third-order valence-corrected chi connectivity index (χ3v) is 9.80. The normalized spacial score (nSPS) is 14.2. The van der Waals surface area contributed by atoms with E-state index in [0.717, 1.165) is 22.9 Å². The highest BCUT2D eigenvalue weighted by atomic mass is 79.9. The van der Waals surface area contributed by atoms with Gasteiger partial charge in [-0.2, -0.15) is 4.31 Å². The van der Waals surface area contributed by atoms with Gasteiger partial charge in [0.2, 0.25) is 10.0 Å². The molecule has 1 aliphatic rings. The summed E-state index contributed by atoms with van der Waals surface area (Å²) in [5, 5.41) is 2.76. The summed E-state index contributed by atoms with van der Waals surface area (Å²) < 4.78 is 60.7. The summed E-state index contributed by atoms with van der Waals surface area (Å²) in [6.07, 6.45) is 2.31. The number of nitrogens with zero attached hydrogens (tertiary/aromatic N) is 1. The van der Waals surface area contributed by atoms with Gasteiger partial charge in [0, 0.05) is 29.8 Å². The van der Waals surface area contributed by atoms with Gasteiger partial charge in [0.15, 0.2) is 6.61 Å². The molecule has 202 valence electrons. The Labute approximate surface area is 231 Å². The summed E-state index contributed by atoms with van der Waals surface area (Å²) in [4.78, 5) is 12.5. The summed E-state index contributed by atoms with van der Waals surface area (Å²) in [6.45, 7) is 1.26. The maximum atomic E-state index is 12.6. The van der Waals surface area contributed by atoms with Crippen LogP contribution in [0, 0.1) is 0 Å². The minimum absolute atomic E-state index is 0.0662. The third kappa shape index (κ3) is 7.34. The second-order valence-electron chi connectivity index (χ2n) is 8.73. The zero-order valence-electron chi connectivity index (χ0n) is 20.5. The number of anilines is 1. The second-order valence-corrected chi connectivity index (χ2v) is 13.3. The van der Waals surface area contributed by atoms with Gasteiger partial charge < -0.3 is 10.1 Å². The molecule has 3 aromatic carbocycles. The Morgan fingerprint density at radius 3 is 2.08 bits per heavy atom. The van der Waals surface area contributed by atoms with E-state index in [0.29, 0.717) is 37.5 Å². The third-order valence-electron chi connectivity index (χ3n) is 5.96. The summed E-state index contributed by atoms with van der Waals surface area (Å²) in [5.41, 5.74) is 1.34. The van der Waals surface area contributed by atoms with Crippen molar-refractivity contribution < 1.29 is 26.4 Å². The van der Waals surface area contributed by atoms with Crippen LogP contribution in [0.4, 0.5) is 5.69 Å². The smallest absolute Gasteiger partial charge is 0.261 e. The van der Waals surface area contributed by atoms with Crippen LogP contribution < -0.4 is 14.8 Å². The summed E-state index contributed by atoms with van der Waals surface area (Å²) >= 11 is 3.31. The topological polar surface area (TPSA) is 122 Å². The largest absolute Gasteiger partial charge is 0.484 e. The van der Waals surface area contributed by atoms with Crippen molar-refractivity contribution in [2.45, 2.75) is 29.1 Å². The van der Waals surface area contributed by atoms with Crippen LogP contribution in [0.2, 0.25) is 0 Å². The Balaban J connectivity index is 1.21. The first-order valence-corrected chi connectivity index (χ1v) is 15.7. The van der Waals surface area contributed by atoms with Crippen molar-refractivity contribution in [2.24, 2.45) is 0 Å². The fourth-order valence-electron chi connectivity index (χ4n) is 3.90. The molecule has 1 saturated heterocycles. The number of rotatable bonds is 11. The lowest BCUT2D eigenvalue weighted by Crippen LogP contribution is -2.30. The predicted octanol–water partition coefficient (Wildman–Crippen LogP) is 3.77. The molecule has 3 aromatic rings. The molecule has 38 heavy (non-hydrogen) atoms. The van der Waals surface area contributed by atoms with Gasteiger partial charge in [-0.1, -0.05) is 28.1 Å². The van der Waals surface area contributed by atoms with Gasteiger partial charge in [-0.3, -0.25) is 9.52 Å². The Morgan fingerprint density at radius 2 is 1.45 bits per heavy atom. The van der Waals surface area contributed by atoms with Crippen LogP contribution >= 0.6 is 15.9 Å². The molecule has 0 radical (unpaired) electrons. The molecule has 4 rings (SSSR count). The van der Waals surface area contributed by atoms with E-state index in [1.165, 1.54) is 28.6 Å². The van der Waals surface area contributed by atoms with Gasteiger partial charge in [-0.25, -0.2) is 16.8 Å². The van der Waals surface area contributed by atoms with Gasteiger partial charge in [0.1, 0.15) is 5.75 Å². The molecule has 0 aromatic heterocycles. The molecule has 1 aliphatic heterocycles. The van der Waals surface area contributed by atoms with Crippen LogP contribution in [0.15, 0.2) is 87.1 Å². The fourth-order valence-corrected chi connectivity index (χ4v) is 6.74. The van der Waals surface area contributed by atoms with Gasteiger partial charge in [0.05, 0.1) is 9.79 Å². The molecule has 0 unspecified atom stereocenters. The Kier molecular flexibility index (Phi) is 9.08. The van der Waals surface area contributed by atoms with E-state index in [-0.39, 0.29) is 22.3 Å². The number of carbonyl (C=O) groups excluding carboxylic acids is 1. The van der Waals surface area contributed by atoms with E-state index < -0.39 is 20.0 Å². The molecule has 0 atom stereocenters. The number of nitrogens with one attached hydrogen (secondary N) is 2.